The van der Waals surface area contributed by atoms with Crippen LogP contribution >= 0.6 is 11.3 Å². The zero-order chi connectivity index (χ0) is 13.8. The Hall–Kier alpha value is -1.74. The third kappa shape index (κ3) is 3.61. The Balaban J connectivity index is 1.98. The molecule has 0 aromatic carbocycles. The van der Waals surface area contributed by atoms with Crippen LogP contribution in [0.3, 0.4) is 0 Å². The van der Waals surface area contributed by atoms with E-state index in [9.17, 15) is 14.9 Å². The highest BCUT2D eigenvalue weighted by atomic mass is 32.1. The van der Waals surface area contributed by atoms with Crippen molar-refractivity contribution in [2.24, 2.45) is 0 Å². The SMILES string of the molecule is O=C(O)CN1CCCN(c2ncc([N+](=O)[O-])s2)CC1. The van der Waals surface area contributed by atoms with E-state index >= 15 is 0 Å². The average Bonchev–Trinajstić information content (AvgIpc) is 2.72. The fourth-order valence-electron chi connectivity index (χ4n) is 2.00. The first-order valence-corrected chi connectivity index (χ1v) is 6.67. The van der Waals surface area contributed by atoms with E-state index in [1.165, 1.54) is 6.20 Å². The summed E-state index contributed by atoms with van der Waals surface area (Å²) in [6.45, 7) is 2.75. The van der Waals surface area contributed by atoms with Crippen LogP contribution in [0.2, 0.25) is 0 Å². The minimum Gasteiger partial charge on any atom is -0.480 e. The third-order valence-electron chi connectivity index (χ3n) is 2.88. The summed E-state index contributed by atoms with van der Waals surface area (Å²) >= 11 is 1.05. The maximum absolute atomic E-state index is 10.7. The van der Waals surface area contributed by atoms with Gasteiger partial charge in [0.25, 0.3) is 0 Å². The van der Waals surface area contributed by atoms with Crippen LogP contribution in [-0.4, -0.2) is 58.6 Å². The molecule has 0 atom stereocenters. The number of carboxylic acids is 1. The predicted octanol–water partition coefficient (Wildman–Crippen LogP) is 0.648. The van der Waals surface area contributed by atoms with E-state index in [0.717, 1.165) is 30.8 Å². The number of anilines is 1. The highest BCUT2D eigenvalue weighted by Gasteiger charge is 2.21. The molecule has 1 aromatic rings. The molecule has 0 spiro atoms. The molecule has 0 bridgehead atoms. The van der Waals surface area contributed by atoms with E-state index < -0.39 is 10.9 Å². The molecular weight excluding hydrogens is 272 g/mol. The second-order valence-corrected chi connectivity index (χ2v) is 5.24. The number of carbonyl (C=O) groups is 1. The van der Waals surface area contributed by atoms with E-state index in [-0.39, 0.29) is 11.5 Å². The third-order valence-corrected chi connectivity index (χ3v) is 3.89. The van der Waals surface area contributed by atoms with Gasteiger partial charge in [-0.25, -0.2) is 4.98 Å². The smallest absolute Gasteiger partial charge is 0.345 e. The van der Waals surface area contributed by atoms with Gasteiger partial charge in [0.15, 0.2) is 5.13 Å². The van der Waals surface area contributed by atoms with Crippen molar-refractivity contribution in [3.8, 4) is 0 Å². The monoisotopic (exact) mass is 286 g/mol. The van der Waals surface area contributed by atoms with Crippen LogP contribution in [0.15, 0.2) is 6.20 Å². The fourth-order valence-corrected chi connectivity index (χ4v) is 2.78. The van der Waals surface area contributed by atoms with E-state index in [0.29, 0.717) is 18.2 Å². The van der Waals surface area contributed by atoms with Gasteiger partial charge < -0.3 is 10.0 Å². The lowest BCUT2D eigenvalue weighted by Crippen LogP contribution is -2.34. The lowest BCUT2D eigenvalue weighted by molar-refractivity contribution is -0.380. The van der Waals surface area contributed by atoms with E-state index in [1.807, 2.05) is 9.80 Å². The molecule has 1 aromatic heterocycles. The molecule has 9 heteroatoms. The van der Waals surface area contributed by atoms with E-state index in [4.69, 9.17) is 5.11 Å². The molecule has 2 rings (SSSR count). The van der Waals surface area contributed by atoms with Crippen molar-refractivity contribution >= 4 is 27.4 Å². The topological polar surface area (TPSA) is 99.8 Å². The van der Waals surface area contributed by atoms with Gasteiger partial charge in [-0.2, -0.15) is 0 Å². The summed E-state index contributed by atoms with van der Waals surface area (Å²) < 4.78 is 0. The number of aromatic nitrogens is 1. The molecule has 0 radical (unpaired) electrons. The van der Waals surface area contributed by atoms with Crippen LogP contribution in [0.25, 0.3) is 0 Å². The van der Waals surface area contributed by atoms with Crippen molar-refractivity contribution in [3.05, 3.63) is 16.3 Å². The molecule has 0 aliphatic carbocycles. The summed E-state index contributed by atoms with van der Waals surface area (Å²) in [4.78, 5) is 28.7. The Labute approximate surface area is 113 Å². The van der Waals surface area contributed by atoms with Gasteiger partial charge in [-0.05, 0) is 17.8 Å². The highest BCUT2D eigenvalue weighted by molar-refractivity contribution is 7.18. The quantitative estimate of drug-likeness (QED) is 0.640. The van der Waals surface area contributed by atoms with Crippen LogP contribution < -0.4 is 4.90 Å². The number of nitrogens with zero attached hydrogens (tertiary/aromatic N) is 4. The molecule has 1 N–H and O–H groups in total. The van der Waals surface area contributed by atoms with Crippen molar-refractivity contribution < 1.29 is 14.8 Å². The Kier molecular flexibility index (Phi) is 4.27. The normalized spacial score (nSPS) is 17.2. The molecule has 0 unspecified atom stereocenters. The molecule has 19 heavy (non-hydrogen) atoms. The van der Waals surface area contributed by atoms with Crippen LogP contribution in [0.1, 0.15) is 6.42 Å². The van der Waals surface area contributed by atoms with Gasteiger partial charge in [-0.15, -0.1) is 0 Å². The van der Waals surface area contributed by atoms with Crippen LogP contribution in [-0.2, 0) is 4.79 Å². The minimum atomic E-state index is -0.835. The first kappa shape index (κ1) is 13.7. The van der Waals surface area contributed by atoms with Gasteiger partial charge in [0.1, 0.15) is 6.20 Å². The number of aliphatic carboxylic acids is 1. The lowest BCUT2D eigenvalue weighted by atomic mass is 10.4. The van der Waals surface area contributed by atoms with Gasteiger partial charge in [0.2, 0.25) is 0 Å². The second-order valence-electron chi connectivity index (χ2n) is 4.25. The first-order valence-electron chi connectivity index (χ1n) is 5.85. The van der Waals surface area contributed by atoms with Crippen LogP contribution in [0.4, 0.5) is 10.1 Å². The van der Waals surface area contributed by atoms with Gasteiger partial charge in [0, 0.05) is 26.2 Å². The molecule has 1 aliphatic rings. The fraction of sp³-hybridized carbons (Fsp3) is 0.600. The molecule has 1 saturated heterocycles. The van der Waals surface area contributed by atoms with Crippen molar-refractivity contribution in [1.29, 1.82) is 0 Å². The number of rotatable bonds is 4. The van der Waals surface area contributed by atoms with Crippen molar-refractivity contribution in [2.45, 2.75) is 6.42 Å². The molecule has 0 saturated carbocycles. The number of hydrogen-bond donors (Lipinski definition) is 1. The Morgan fingerprint density at radius 2 is 2.26 bits per heavy atom. The predicted molar refractivity (Wildman–Crippen MR) is 69.7 cm³/mol. The zero-order valence-electron chi connectivity index (χ0n) is 10.2. The molecular formula is C10H14N4O4S. The molecule has 104 valence electrons. The van der Waals surface area contributed by atoms with Crippen LogP contribution in [0.5, 0.6) is 0 Å². The average molecular weight is 286 g/mol. The number of thiazole rings is 1. The Morgan fingerprint density at radius 1 is 1.47 bits per heavy atom. The molecule has 1 fully saturated rings. The summed E-state index contributed by atoms with van der Waals surface area (Å²) in [5, 5.41) is 20.0. The largest absolute Gasteiger partial charge is 0.480 e. The summed E-state index contributed by atoms with van der Waals surface area (Å²) in [5.41, 5.74) is 0. The van der Waals surface area contributed by atoms with Gasteiger partial charge in [0.05, 0.1) is 11.5 Å². The highest BCUT2D eigenvalue weighted by Crippen LogP contribution is 2.28. The molecule has 0 amide bonds. The summed E-state index contributed by atoms with van der Waals surface area (Å²) in [5.74, 6) is -0.835. The minimum absolute atomic E-state index is 0.0293. The standard InChI is InChI=1S/C10H14N4O4S/c15-9(16)7-12-2-1-3-13(5-4-12)10-11-6-8(19-10)14(17)18/h6H,1-5,7H2,(H,15,16). The second kappa shape index (κ2) is 5.93. The number of hydrogen-bond acceptors (Lipinski definition) is 7. The molecule has 1 aliphatic heterocycles. The van der Waals surface area contributed by atoms with Gasteiger partial charge in [-0.1, -0.05) is 0 Å². The Morgan fingerprint density at radius 3 is 2.89 bits per heavy atom. The molecule has 8 nitrogen and oxygen atoms in total. The number of carboxylic acid groups (broad SMARTS) is 1. The summed E-state index contributed by atoms with van der Waals surface area (Å²) in [6, 6.07) is 0. The van der Waals surface area contributed by atoms with Crippen molar-refractivity contribution in [2.75, 3.05) is 37.6 Å². The zero-order valence-corrected chi connectivity index (χ0v) is 11.0. The summed E-state index contributed by atoms with van der Waals surface area (Å²) in [7, 11) is 0. The van der Waals surface area contributed by atoms with Gasteiger partial charge >= 0.3 is 11.0 Å². The maximum atomic E-state index is 10.7. The van der Waals surface area contributed by atoms with Gasteiger partial charge in [-0.3, -0.25) is 19.8 Å². The maximum Gasteiger partial charge on any atom is 0.345 e. The van der Waals surface area contributed by atoms with E-state index in [2.05, 4.69) is 4.98 Å². The van der Waals surface area contributed by atoms with E-state index in [1.54, 1.807) is 0 Å². The first-order chi connectivity index (χ1) is 9.06. The Bertz CT molecular complexity index is 478. The molecule has 2 heterocycles. The summed E-state index contributed by atoms with van der Waals surface area (Å²) in [6.07, 6.45) is 2.08. The van der Waals surface area contributed by atoms with Crippen molar-refractivity contribution in [1.82, 2.24) is 9.88 Å². The lowest BCUT2D eigenvalue weighted by Gasteiger charge is -2.19. The number of nitro groups is 1. The van der Waals surface area contributed by atoms with Crippen LogP contribution in [0, 0.1) is 10.1 Å². The van der Waals surface area contributed by atoms with Crippen molar-refractivity contribution in [3.63, 3.8) is 0 Å².